The standard InChI is InChI=1S/C20H21N3O4S/c1-25-7-8-27-17-10-16(18-11-21-12-28-18)23-15-4-3-13(9-14(15)17)22-19(24)20(26-2)5-6-20/h3-4,9-12H,5-8H2,1-2H3,(H,22,24). The predicted molar refractivity (Wildman–Crippen MR) is 108 cm³/mol. The molecule has 1 fully saturated rings. The first-order valence-corrected chi connectivity index (χ1v) is 9.85. The molecule has 2 heterocycles. The number of nitrogens with zero attached hydrogens (tertiary/aromatic N) is 2. The molecule has 1 saturated carbocycles. The van der Waals surface area contributed by atoms with Crippen molar-refractivity contribution in [2.24, 2.45) is 0 Å². The van der Waals surface area contributed by atoms with Crippen molar-refractivity contribution in [3.05, 3.63) is 36.0 Å². The van der Waals surface area contributed by atoms with Crippen LogP contribution in [-0.2, 0) is 14.3 Å². The van der Waals surface area contributed by atoms with E-state index in [2.05, 4.69) is 10.3 Å². The largest absolute Gasteiger partial charge is 0.490 e. The molecule has 0 spiro atoms. The van der Waals surface area contributed by atoms with Crippen LogP contribution < -0.4 is 10.1 Å². The van der Waals surface area contributed by atoms with E-state index in [1.807, 2.05) is 24.3 Å². The lowest BCUT2D eigenvalue weighted by Crippen LogP contribution is -2.31. The molecular formula is C20H21N3O4S. The highest BCUT2D eigenvalue weighted by Crippen LogP contribution is 2.40. The average Bonchev–Trinajstić information content (AvgIpc) is 3.33. The van der Waals surface area contributed by atoms with Gasteiger partial charge in [0.15, 0.2) is 0 Å². The average molecular weight is 399 g/mol. The molecule has 1 N–H and O–H groups in total. The maximum absolute atomic E-state index is 12.5. The van der Waals surface area contributed by atoms with Gasteiger partial charge in [0, 0.05) is 37.6 Å². The highest BCUT2D eigenvalue weighted by Gasteiger charge is 2.50. The van der Waals surface area contributed by atoms with Gasteiger partial charge in [-0.2, -0.15) is 0 Å². The van der Waals surface area contributed by atoms with Gasteiger partial charge in [-0.05, 0) is 31.0 Å². The molecule has 0 atom stereocenters. The molecule has 1 amide bonds. The third kappa shape index (κ3) is 3.71. The van der Waals surface area contributed by atoms with E-state index < -0.39 is 5.60 Å². The van der Waals surface area contributed by atoms with Gasteiger partial charge < -0.3 is 19.5 Å². The summed E-state index contributed by atoms with van der Waals surface area (Å²) < 4.78 is 16.4. The first-order chi connectivity index (χ1) is 13.6. The van der Waals surface area contributed by atoms with Gasteiger partial charge in [-0.1, -0.05) is 0 Å². The number of carbonyl (C=O) groups is 1. The van der Waals surface area contributed by atoms with Gasteiger partial charge in [0.1, 0.15) is 18.0 Å². The summed E-state index contributed by atoms with van der Waals surface area (Å²) in [5.41, 5.74) is 3.36. The summed E-state index contributed by atoms with van der Waals surface area (Å²) in [6.07, 6.45) is 3.27. The van der Waals surface area contributed by atoms with Crippen LogP contribution in [-0.4, -0.2) is 48.9 Å². The summed E-state index contributed by atoms with van der Waals surface area (Å²) in [5, 5.41) is 3.77. The highest BCUT2D eigenvalue weighted by atomic mass is 32.1. The van der Waals surface area contributed by atoms with Gasteiger partial charge in [-0.15, -0.1) is 11.3 Å². The van der Waals surface area contributed by atoms with Crippen molar-refractivity contribution < 1.29 is 19.0 Å². The van der Waals surface area contributed by atoms with E-state index in [9.17, 15) is 4.79 Å². The molecule has 4 rings (SSSR count). The molecule has 7 nitrogen and oxygen atoms in total. The molecular weight excluding hydrogens is 378 g/mol. The number of anilines is 1. The molecule has 0 saturated heterocycles. The summed E-state index contributed by atoms with van der Waals surface area (Å²) in [6, 6.07) is 7.50. The van der Waals surface area contributed by atoms with E-state index in [1.54, 1.807) is 25.9 Å². The Morgan fingerprint density at radius 1 is 1.25 bits per heavy atom. The maximum atomic E-state index is 12.5. The second-order valence-electron chi connectivity index (χ2n) is 6.60. The Balaban J connectivity index is 1.68. The topological polar surface area (TPSA) is 82.6 Å². The maximum Gasteiger partial charge on any atom is 0.256 e. The number of benzene rings is 1. The van der Waals surface area contributed by atoms with Crippen molar-refractivity contribution in [2.45, 2.75) is 18.4 Å². The Morgan fingerprint density at radius 2 is 2.11 bits per heavy atom. The second-order valence-corrected chi connectivity index (χ2v) is 7.48. The first-order valence-electron chi connectivity index (χ1n) is 8.97. The minimum atomic E-state index is -0.680. The number of amides is 1. The number of thiazole rings is 1. The number of hydrogen-bond donors (Lipinski definition) is 1. The van der Waals surface area contributed by atoms with E-state index in [0.717, 1.165) is 34.3 Å². The van der Waals surface area contributed by atoms with E-state index in [-0.39, 0.29) is 5.91 Å². The van der Waals surface area contributed by atoms with Crippen LogP contribution in [0.4, 0.5) is 5.69 Å². The van der Waals surface area contributed by atoms with Crippen molar-refractivity contribution in [1.82, 2.24) is 9.97 Å². The van der Waals surface area contributed by atoms with Crippen LogP contribution in [0.1, 0.15) is 12.8 Å². The van der Waals surface area contributed by atoms with Crippen LogP contribution in [0.25, 0.3) is 21.5 Å². The lowest BCUT2D eigenvalue weighted by atomic mass is 10.1. The molecule has 2 aromatic heterocycles. The molecule has 28 heavy (non-hydrogen) atoms. The number of methoxy groups -OCH3 is 2. The lowest BCUT2D eigenvalue weighted by Gasteiger charge is -2.15. The summed E-state index contributed by atoms with van der Waals surface area (Å²) in [7, 11) is 3.20. The van der Waals surface area contributed by atoms with Gasteiger partial charge in [0.05, 0.1) is 28.2 Å². The SMILES string of the molecule is COCCOc1cc(-c2cncs2)nc2ccc(NC(=O)C3(OC)CC3)cc12. The zero-order valence-electron chi connectivity index (χ0n) is 15.7. The molecule has 0 aliphatic heterocycles. The molecule has 0 bridgehead atoms. The van der Waals surface area contributed by atoms with Crippen molar-refractivity contribution >= 4 is 33.8 Å². The third-order valence-electron chi connectivity index (χ3n) is 4.77. The molecule has 1 aromatic carbocycles. The predicted octanol–water partition coefficient (Wildman–Crippen LogP) is 3.50. The van der Waals surface area contributed by atoms with Gasteiger partial charge in [0.2, 0.25) is 0 Å². The fourth-order valence-electron chi connectivity index (χ4n) is 2.98. The van der Waals surface area contributed by atoms with Crippen molar-refractivity contribution in [2.75, 3.05) is 32.8 Å². The van der Waals surface area contributed by atoms with Gasteiger partial charge in [-0.25, -0.2) is 4.98 Å². The van der Waals surface area contributed by atoms with Crippen LogP contribution in [0.15, 0.2) is 36.0 Å². The molecule has 146 valence electrons. The smallest absolute Gasteiger partial charge is 0.256 e. The monoisotopic (exact) mass is 399 g/mol. The molecule has 1 aliphatic rings. The van der Waals surface area contributed by atoms with E-state index in [1.165, 1.54) is 11.3 Å². The Kier molecular flexibility index (Phi) is 5.25. The summed E-state index contributed by atoms with van der Waals surface area (Å²) in [6.45, 7) is 0.896. The van der Waals surface area contributed by atoms with Crippen LogP contribution in [0, 0.1) is 0 Å². The summed E-state index contributed by atoms with van der Waals surface area (Å²) >= 11 is 1.52. The fraction of sp³-hybridized carbons (Fsp3) is 0.350. The molecule has 0 unspecified atom stereocenters. The number of carbonyl (C=O) groups excluding carboxylic acids is 1. The number of nitrogens with one attached hydrogen (secondary N) is 1. The highest BCUT2D eigenvalue weighted by molar-refractivity contribution is 7.13. The van der Waals surface area contributed by atoms with E-state index in [0.29, 0.717) is 24.7 Å². The van der Waals surface area contributed by atoms with E-state index >= 15 is 0 Å². The normalized spacial score (nSPS) is 14.8. The zero-order chi connectivity index (χ0) is 19.6. The first kappa shape index (κ1) is 18.8. The Hall–Kier alpha value is -2.55. The van der Waals surface area contributed by atoms with E-state index in [4.69, 9.17) is 19.2 Å². The Labute approximate surface area is 166 Å². The number of hydrogen-bond acceptors (Lipinski definition) is 7. The summed E-state index contributed by atoms with van der Waals surface area (Å²) in [4.78, 5) is 22.3. The van der Waals surface area contributed by atoms with Crippen LogP contribution >= 0.6 is 11.3 Å². The van der Waals surface area contributed by atoms with Crippen LogP contribution in [0.5, 0.6) is 5.75 Å². The molecule has 8 heteroatoms. The van der Waals surface area contributed by atoms with Crippen LogP contribution in [0.3, 0.4) is 0 Å². The molecule has 1 aliphatic carbocycles. The van der Waals surface area contributed by atoms with Crippen LogP contribution in [0.2, 0.25) is 0 Å². The minimum Gasteiger partial charge on any atom is -0.490 e. The van der Waals surface area contributed by atoms with Crippen molar-refractivity contribution in [3.8, 4) is 16.3 Å². The Bertz CT molecular complexity index is 987. The second kappa shape index (κ2) is 7.83. The summed E-state index contributed by atoms with van der Waals surface area (Å²) in [5.74, 6) is 0.569. The van der Waals surface area contributed by atoms with Gasteiger partial charge in [-0.3, -0.25) is 9.78 Å². The third-order valence-corrected chi connectivity index (χ3v) is 5.56. The Morgan fingerprint density at radius 3 is 2.79 bits per heavy atom. The number of rotatable bonds is 8. The van der Waals surface area contributed by atoms with Gasteiger partial charge >= 0.3 is 0 Å². The number of aromatic nitrogens is 2. The lowest BCUT2D eigenvalue weighted by molar-refractivity contribution is -0.128. The minimum absolute atomic E-state index is 0.120. The number of pyridine rings is 1. The van der Waals surface area contributed by atoms with Gasteiger partial charge in [0.25, 0.3) is 5.91 Å². The fourth-order valence-corrected chi connectivity index (χ4v) is 3.56. The van der Waals surface area contributed by atoms with Crippen molar-refractivity contribution in [3.63, 3.8) is 0 Å². The number of ether oxygens (including phenoxy) is 3. The number of fused-ring (bicyclic) bond motifs is 1. The van der Waals surface area contributed by atoms with Crippen molar-refractivity contribution in [1.29, 1.82) is 0 Å². The zero-order valence-corrected chi connectivity index (χ0v) is 16.5. The quantitative estimate of drug-likeness (QED) is 0.584. The molecule has 3 aromatic rings. The molecule has 0 radical (unpaired) electrons.